The maximum absolute atomic E-state index is 5.21. The van der Waals surface area contributed by atoms with Crippen molar-refractivity contribution in [1.82, 2.24) is 15.2 Å². The van der Waals surface area contributed by atoms with Gasteiger partial charge in [0.05, 0.1) is 7.11 Å². The Balaban J connectivity index is 2.42. The molecule has 2 heterocycles. The van der Waals surface area contributed by atoms with E-state index in [1.54, 1.807) is 20.4 Å². The number of ether oxygens (including phenoxy) is 1. The largest absolute Gasteiger partial charge is 0.494 e. The Kier molecular flexibility index (Phi) is 2.95. The van der Waals surface area contributed by atoms with Gasteiger partial charge in [-0.15, -0.1) is 10.2 Å². The van der Waals surface area contributed by atoms with E-state index < -0.39 is 0 Å². The Morgan fingerprint density at radius 1 is 1.19 bits per heavy atom. The summed E-state index contributed by atoms with van der Waals surface area (Å²) in [5, 5.41) is 11.0. The van der Waals surface area contributed by atoms with Gasteiger partial charge in [-0.2, -0.15) is 0 Å². The molecule has 0 aromatic carbocycles. The van der Waals surface area contributed by atoms with Gasteiger partial charge in [-0.05, 0) is 24.3 Å². The summed E-state index contributed by atoms with van der Waals surface area (Å²) in [6.45, 7) is 0. The minimum Gasteiger partial charge on any atom is -0.494 e. The summed E-state index contributed by atoms with van der Waals surface area (Å²) in [7, 11) is 3.40. The first-order valence-corrected chi connectivity index (χ1v) is 4.86. The molecule has 0 aliphatic heterocycles. The monoisotopic (exact) mass is 216 g/mol. The third-order valence-electron chi connectivity index (χ3n) is 2.15. The molecule has 0 aliphatic rings. The molecule has 5 nitrogen and oxygen atoms in total. The quantitative estimate of drug-likeness (QED) is 0.844. The van der Waals surface area contributed by atoms with E-state index in [-0.39, 0.29) is 0 Å². The molecule has 82 valence electrons. The number of hydrogen-bond donors (Lipinski definition) is 1. The first-order chi connectivity index (χ1) is 7.85. The van der Waals surface area contributed by atoms with Crippen molar-refractivity contribution >= 4 is 5.82 Å². The zero-order chi connectivity index (χ0) is 11.4. The van der Waals surface area contributed by atoms with Gasteiger partial charge >= 0.3 is 0 Å². The molecule has 16 heavy (non-hydrogen) atoms. The number of rotatable bonds is 3. The second kappa shape index (κ2) is 4.57. The fraction of sp³-hybridized carbons (Fsp3) is 0.182. The lowest BCUT2D eigenvalue weighted by Crippen LogP contribution is -1.97. The third-order valence-corrected chi connectivity index (χ3v) is 2.15. The summed E-state index contributed by atoms with van der Waals surface area (Å²) in [5.74, 6) is 1.41. The van der Waals surface area contributed by atoms with E-state index in [2.05, 4.69) is 20.5 Å². The van der Waals surface area contributed by atoms with Gasteiger partial charge in [-0.3, -0.25) is 4.98 Å². The van der Waals surface area contributed by atoms with Crippen molar-refractivity contribution in [2.45, 2.75) is 0 Å². The van der Waals surface area contributed by atoms with Crippen molar-refractivity contribution < 1.29 is 4.74 Å². The van der Waals surface area contributed by atoms with Gasteiger partial charge < -0.3 is 10.1 Å². The van der Waals surface area contributed by atoms with E-state index in [1.807, 2.05) is 24.3 Å². The van der Waals surface area contributed by atoms with E-state index in [4.69, 9.17) is 4.74 Å². The number of nitrogens with zero attached hydrogens (tertiary/aromatic N) is 3. The van der Waals surface area contributed by atoms with Crippen molar-refractivity contribution in [3.63, 3.8) is 0 Å². The number of pyridine rings is 1. The van der Waals surface area contributed by atoms with Gasteiger partial charge in [0, 0.05) is 13.2 Å². The number of anilines is 1. The predicted molar refractivity (Wildman–Crippen MR) is 61.4 cm³/mol. The van der Waals surface area contributed by atoms with Crippen molar-refractivity contribution in [3.8, 4) is 17.1 Å². The van der Waals surface area contributed by atoms with Crippen LogP contribution in [0.15, 0.2) is 30.5 Å². The summed E-state index contributed by atoms with van der Waals surface area (Å²) in [6, 6.07) is 7.36. The maximum Gasteiger partial charge on any atom is 0.148 e. The minimum absolute atomic E-state index is 0.689. The molecule has 2 aromatic heterocycles. The lowest BCUT2D eigenvalue weighted by molar-refractivity contribution is 0.414. The number of hydrogen-bond acceptors (Lipinski definition) is 5. The predicted octanol–water partition coefficient (Wildman–Crippen LogP) is 1.59. The SMILES string of the molecule is CNc1ccc(-c2ncccc2OC)nn1. The lowest BCUT2D eigenvalue weighted by Gasteiger charge is -2.05. The smallest absolute Gasteiger partial charge is 0.148 e. The van der Waals surface area contributed by atoms with E-state index in [0.717, 1.165) is 5.82 Å². The second-order valence-electron chi connectivity index (χ2n) is 3.11. The number of aromatic nitrogens is 3. The fourth-order valence-corrected chi connectivity index (χ4v) is 1.34. The number of methoxy groups -OCH3 is 1. The van der Waals surface area contributed by atoms with Crippen LogP contribution < -0.4 is 10.1 Å². The molecule has 5 heteroatoms. The molecule has 2 rings (SSSR count). The standard InChI is InChI=1S/C11H12N4O/c1-12-10-6-5-8(14-15-10)11-9(16-2)4-3-7-13-11/h3-7H,1-2H3,(H,12,15). The summed E-state index contributed by atoms with van der Waals surface area (Å²) in [5.41, 5.74) is 1.39. The van der Waals surface area contributed by atoms with E-state index in [0.29, 0.717) is 17.1 Å². The Morgan fingerprint density at radius 3 is 2.69 bits per heavy atom. The zero-order valence-corrected chi connectivity index (χ0v) is 9.14. The van der Waals surface area contributed by atoms with Crippen LogP contribution in [0.2, 0.25) is 0 Å². The fourth-order valence-electron chi connectivity index (χ4n) is 1.34. The Morgan fingerprint density at radius 2 is 2.06 bits per heavy atom. The zero-order valence-electron chi connectivity index (χ0n) is 9.14. The van der Waals surface area contributed by atoms with Gasteiger partial charge in [0.2, 0.25) is 0 Å². The molecular formula is C11H12N4O. The highest BCUT2D eigenvalue weighted by atomic mass is 16.5. The van der Waals surface area contributed by atoms with Gasteiger partial charge in [-0.1, -0.05) is 0 Å². The third kappa shape index (κ3) is 1.93. The van der Waals surface area contributed by atoms with E-state index >= 15 is 0 Å². The molecule has 0 spiro atoms. The molecule has 0 amide bonds. The minimum atomic E-state index is 0.689. The van der Waals surface area contributed by atoms with Crippen molar-refractivity contribution in [2.24, 2.45) is 0 Å². The van der Waals surface area contributed by atoms with Crippen LogP contribution in [0.3, 0.4) is 0 Å². The van der Waals surface area contributed by atoms with Gasteiger partial charge in [-0.25, -0.2) is 0 Å². The molecule has 0 atom stereocenters. The normalized spacial score (nSPS) is 9.88. The molecule has 2 aromatic rings. The van der Waals surface area contributed by atoms with Crippen LogP contribution in [0, 0.1) is 0 Å². The van der Waals surface area contributed by atoms with Crippen LogP contribution in [-0.4, -0.2) is 29.3 Å². The van der Waals surface area contributed by atoms with Crippen LogP contribution in [0.4, 0.5) is 5.82 Å². The number of nitrogens with one attached hydrogen (secondary N) is 1. The van der Waals surface area contributed by atoms with Gasteiger partial charge in [0.15, 0.2) is 0 Å². The summed E-state index contributed by atoms with van der Waals surface area (Å²) in [4.78, 5) is 4.23. The molecule has 1 N–H and O–H groups in total. The highest BCUT2D eigenvalue weighted by Crippen LogP contribution is 2.25. The molecule has 0 aliphatic carbocycles. The average molecular weight is 216 g/mol. The summed E-state index contributed by atoms with van der Waals surface area (Å²) in [6.07, 6.45) is 1.70. The molecule has 0 saturated carbocycles. The van der Waals surface area contributed by atoms with Crippen molar-refractivity contribution in [2.75, 3.05) is 19.5 Å². The molecule has 0 bridgehead atoms. The highest BCUT2D eigenvalue weighted by Gasteiger charge is 2.08. The average Bonchev–Trinajstić information content (AvgIpc) is 2.39. The molecular weight excluding hydrogens is 204 g/mol. The first kappa shape index (κ1) is 10.4. The highest BCUT2D eigenvalue weighted by molar-refractivity contribution is 5.62. The Labute approximate surface area is 93.5 Å². The molecule has 0 saturated heterocycles. The van der Waals surface area contributed by atoms with E-state index in [1.165, 1.54) is 0 Å². The topological polar surface area (TPSA) is 59.9 Å². The second-order valence-corrected chi connectivity index (χ2v) is 3.11. The molecule has 0 unspecified atom stereocenters. The lowest BCUT2D eigenvalue weighted by atomic mass is 10.2. The van der Waals surface area contributed by atoms with Crippen LogP contribution in [0.5, 0.6) is 5.75 Å². The molecule has 0 fully saturated rings. The molecule has 0 radical (unpaired) electrons. The van der Waals surface area contributed by atoms with Gasteiger partial charge in [0.1, 0.15) is 23.0 Å². The van der Waals surface area contributed by atoms with Crippen molar-refractivity contribution in [1.29, 1.82) is 0 Å². The maximum atomic E-state index is 5.21. The van der Waals surface area contributed by atoms with E-state index in [9.17, 15) is 0 Å². The Hall–Kier alpha value is -2.17. The first-order valence-electron chi connectivity index (χ1n) is 4.86. The summed E-state index contributed by atoms with van der Waals surface area (Å²) >= 11 is 0. The summed E-state index contributed by atoms with van der Waals surface area (Å²) < 4.78 is 5.21. The van der Waals surface area contributed by atoms with Crippen LogP contribution in [0.25, 0.3) is 11.4 Å². The van der Waals surface area contributed by atoms with Crippen LogP contribution >= 0.6 is 0 Å². The van der Waals surface area contributed by atoms with Crippen LogP contribution in [-0.2, 0) is 0 Å². The van der Waals surface area contributed by atoms with Crippen LogP contribution in [0.1, 0.15) is 0 Å². The Bertz CT molecular complexity index is 470. The van der Waals surface area contributed by atoms with Crippen molar-refractivity contribution in [3.05, 3.63) is 30.5 Å². The van der Waals surface area contributed by atoms with Gasteiger partial charge in [0.25, 0.3) is 0 Å².